The Morgan fingerprint density at radius 3 is 2.31 bits per heavy atom. The number of benzene rings is 2. The Kier molecular flexibility index (Phi) is 6.55. The Balaban J connectivity index is 1.43. The maximum absolute atomic E-state index is 14.6. The van der Waals surface area contributed by atoms with Gasteiger partial charge in [0.25, 0.3) is 5.56 Å². The molecular formula is C25H26ClFN6O2. The van der Waals surface area contributed by atoms with Crippen LogP contribution in [-0.4, -0.2) is 55.1 Å². The number of nitrogens with zero attached hydrogens (tertiary/aromatic N) is 5. The highest BCUT2D eigenvalue weighted by Gasteiger charge is 2.23. The van der Waals surface area contributed by atoms with Gasteiger partial charge in [0.2, 0.25) is 0 Å². The number of nitrogens with one attached hydrogen (secondary N) is 1. The molecular weight excluding hydrogens is 471 g/mol. The minimum absolute atomic E-state index is 0.0343. The van der Waals surface area contributed by atoms with Gasteiger partial charge in [0.15, 0.2) is 11.2 Å². The van der Waals surface area contributed by atoms with Gasteiger partial charge in [-0.15, -0.1) is 0 Å². The smallest absolute Gasteiger partial charge is 0.316 e. The molecule has 3 heterocycles. The summed E-state index contributed by atoms with van der Waals surface area (Å²) in [4.78, 5) is 36.6. The van der Waals surface area contributed by atoms with Crippen molar-refractivity contribution in [2.24, 2.45) is 7.05 Å². The van der Waals surface area contributed by atoms with E-state index in [-0.39, 0.29) is 28.3 Å². The second-order valence-corrected chi connectivity index (χ2v) is 9.25. The molecule has 2 aromatic carbocycles. The van der Waals surface area contributed by atoms with Gasteiger partial charge < -0.3 is 4.57 Å². The third-order valence-electron chi connectivity index (χ3n) is 6.54. The zero-order valence-electron chi connectivity index (χ0n) is 19.4. The Bertz CT molecular complexity index is 1450. The minimum atomic E-state index is -0.554. The highest BCUT2D eigenvalue weighted by molar-refractivity contribution is 6.31. The summed E-state index contributed by atoms with van der Waals surface area (Å²) in [6.07, 6.45) is 0. The number of rotatable bonds is 6. The van der Waals surface area contributed by atoms with E-state index in [1.54, 1.807) is 23.7 Å². The van der Waals surface area contributed by atoms with Gasteiger partial charge in [-0.05, 0) is 17.7 Å². The van der Waals surface area contributed by atoms with Crippen molar-refractivity contribution in [3.63, 3.8) is 0 Å². The lowest BCUT2D eigenvalue weighted by Crippen LogP contribution is -2.45. The van der Waals surface area contributed by atoms with Crippen molar-refractivity contribution >= 4 is 22.8 Å². The first-order valence-corrected chi connectivity index (χ1v) is 11.9. The van der Waals surface area contributed by atoms with Gasteiger partial charge >= 0.3 is 5.69 Å². The SMILES string of the molecule is Cn1c(=O)[nH]c(=O)c2c1nc(CN1CCN(Cc3ccccc3)CC1)n2Cc1c(F)cccc1Cl. The number of aryl methyl sites for hydroxylation is 1. The van der Waals surface area contributed by atoms with Crippen LogP contribution in [0.1, 0.15) is 17.0 Å². The average molecular weight is 497 g/mol. The number of hydrogen-bond donors (Lipinski definition) is 1. The lowest BCUT2D eigenvalue weighted by atomic mass is 10.2. The Morgan fingerprint density at radius 2 is 1.63 bits per heavy atom. The molecule has 1 N–H and O–H groups in total. The van der Waals surface area contributed by atoms with Crippen molar-refractivity contribution in [2.45, 2.75) is 19.6 Å². The molecule has 5 rings (SSSR count). The fourth-order valence-electron chi connectivity index (χ4n) is 4.56. The van der Waals surface area contributed by atoms with Crippen LogP contribution < -0.4 is 11.2 Å². The summed E-state index contributed by atoms with van der Waals surface area (Å²) in [7, 11) is 1.56. The summed E-state index contributed by atoms with van der Waals surface area (Å²) in [5, 5.41) is 0.272. The fourth-order valence-corrected chi connectivity index (χ4v) is 4.78. The Labute approximate surface area is 206 Å². The van der Waals surface area contributed by atoms with Gasteiger partial charge in [0.05, 0.1) is 13.1 Å². The fraction of sp³-hybridized carbons (Fsp3) is 0.320. The molecule has 1 saturated heterocycles. The zero-order valence-corrected chi connectivity index (χ0v) is 20.1. The predicted molar refractivity (Wildman–Crippen MR) is 133 cm³/mol. The van der Waals surface area contributed by atoms with Crippen molar-refractivity contribution in [2.75, 3.05) is 26.2 Å². The lowest BCUT2D eigenvalue weighted by molar-refractivity contribution is 0.119. The van der Waals surface area contributed by atoms with E-state index in [1.165, 1.54) is 16.2 Å². The molecule has 1 fully saturated rings. The normalized spacial score (nSPS) is 15.2. The maximum Gasteiger partial charge on any atom is 0.329 e. The van der Waals surface area contributed by atoms with Crippen molar-refractivity contribution in [1.29, 1.82) is 0 Å². The molecule has 0 radical (unpaired) electrons. The number of imidazole rings is 1. The lowest BCUT2D eigenvalue weighted by Gasteiger charge is -2.34. The van der Waals surface area contributed by atoms with Gasteiger partial charge in [0.1, 0.15) is 11.6 Å². The molecule has 0 amide bonds. The molecule has 0 aliphatic carbocycles. The summed E-state index contributed by atoms with van der Waals surface area (Å²) in [5.74, 6) is 0.128. The van der Waals surface area contributed by atoms with E-state index in [1.807, 2.05) is 18.2 Å². The van der Waals surface area contributed by atoms with Crippen LogP contribution in [0.5, 0.6) is 0 Å². The number of H-pyrrole nitrogens is 1. The van der Waals surface area contributed by atoms with Crippen molar-refractivity contribution in [3.05, 3.63) is 97.2 Å². The molecule has 0 saturated carbocycles. The summed E-state index contributed by atoms with van der Waals surface area (Å²) in [5.41, 5.74) is 0.951. The van der Waals surface area contributed by atoms with E-state index in [0.717, 1.165) is 32.7 Å². The van der Waals surface area contributed by atoms with Crippen molar-refractivity contribution < 1.29 is 4.39 Å². The number of aromatic amines is 1. The third-order valence-corrected chi connectivity index (χ3v) is 6.90. The van der Waals surface area contributed by atoms with E-state index >= 15 is 0 Å². The van der Waals surface area contributed by atoms with Crippen LogP contribution in [0, 0.1) is 5.82 Å². The first-order chi connectivity index (χ1) is 16.9. The zero-order chi connectivity index (χ0) is 24.5. The second kappa shape index (κ2) is 9.77. The molecule has 0 unspecified atom stereocenters. The number of halogens is 2. The first kappa shape index (κ1) is 23.5. The highest BCUT2D eigenvalue weighted by Crippen LogP contribution is 2.23. The van der Waals surface area contributed by atoms with Crippen LogP contribution in [-0.2, 0) is 26.7 Å². The first-order valence-electron chi connectivity index (χ1n) is 11.5. The molecule has 1 aliphatic rings. The Hall–Kier alpha value is -3.27. The number of piperazine rings is 1. The van der Waals surface area contributed by atoms with Gasteiger partial charge in [-0.3, -0.25) is 24.1 Å². The van der Waals surface area contributed by atoms with Crippen LogP contribution in [0.25, 0.3) is 11.2 Å². The van der Waals surface area contributed by atoms with Gasteiger partial charge in [-0.2, -0.15) is 0 Å². The van der Waals surface area contributed by atoms with Crippen LogP contribution in [0.2, 0.25) is 5.02 Å². The largest absolute Gasteiger partial charge is 0.329 e. The molecule has 0 spiro atoms. The summed E-state index contributed by atoms with van der Waals surface area (Å²) in [6, 6.07) is 14.9. The van der Waals surface area contributed by atoms with Gasteiger partial charge in [0, 0.05) is 50.4 Å². The standard InChI is InChI=1S/C25H26ClFN6O2/c1-30-23-22(24(34)29-25(30)35)33(15-18-19(26)8-5-9-20(18)27)21(28-23)16-32-12-10-31(11-13-32)14-17-6-3-2-4-7-17/h2-9H,10-16H2,1H3,(H,29,34,35). The van der Waals surface area contributed by atoms with Gasteiger partial charge in [-0.25, -0.2) is 14.2 Å². The quantitative estimate of drug-likeness (QED) is 0.444. The summed E-state index contributed by atoms with van der Waals surface area (Å²) >= 11 is 6.29. The molecule has 0 atom stereocenters. The number of hydrogen-bond acceptors (Lipinski definition) is 5. The van der Waals surface area contributed by atoms with Crippen LogP contribution in [0.3, 0.4) is 0 Å². The molecule has 0 bridgehead atoms. The van der Waals surface area contributed by atoms with Crippen LogP contribution in [0.15, 0.2) is 58.1 Å². The topological polar surface area (TPSA) is 79.2 Å². The predicted octanol–water partition coefficient (Wildman–Crippen LogP) is 2.58. The van der Waals surface area contributed by atoms with Crippen molar-refractivity contribution in [1.82, 2.24) is 28.9 Å². The van der Waals surface area contributed by atoms with E-state index in [0.29, 0.717) is 12.4 Å². The van der Waals surface area contributed by atoms with E-state index in [9.17, 15) is 14.0 Å². The molecule has 8 nitrogen and oxygen atoms in total. The molecule has 1 aliphatic heterocycles. The van der Waals surface area contributed by atoms with E-state index < -0.39 is 17.1 Å². The molecule has 182 valence electrons. The monoisotopic (exact) mass is 496 g/mol. The maximum atomic E-state index is 14.6. The molecule has 10 heteroatoms. The molecule has 4 aromatic rings. The second-order valence-electron chi connectivity index (χ2n) is 8.84. The molecule has 35 heavy (non-hydrogen) atoms. The highest BCUT2D eigenvalue weighted by atomic mass is 35.5. The summed E-state index contributed by atoms with van der Waals surface area (Å²) < 4.78 is 17.6. The van der Waals surface area contributed by atoms with Crippen LogP contribution in [0.4, 0.5) is 4.39 Å². The van der Waals surface area contributed by atoms with Crippen molar-refractivity contribution in [3.8, 4) is 0 Å². The van der Waals surface area contributed by atoms with Crippen LogP contribution >= 0.6 is 11.6 Å². The van der Waals surface area contributed by atoms with E-state index in [2.05, 4.69) is 31.9 Å². The Morgan fingerprint density at radius 1 is 0.943 bits per heavy atom. The minimum Gasteiger partial charge on any atom is -0.316 e. The summed E-state index contributed by atoms with van der Waals surface area (Å²) in [6.45, 7) is 4.84. The van der Waals surface area contributed by atoms with Gasteiger partial charge in [-0.1, -0.05) is 48.0 Å². The molecule has 2 aromatic heterocycles. The third kappa shape index (κ3) is 4.80. The number of aromatic nitrogens is 4. The number of fused-ring (bicyclic) bond motifs is 1. The average Bonchev–Trinajstić information content (AvgIpc) is 3.20. The van der Waals surface area contributed by atoms with E-state index in [4.69, 9.17) is 11.6 Å².